The fourth-order valence-electron chi connectivity index (χ4n) is 4.14. The van der Waals surface area contributed by atoms with Crippen LogP contribution in [-0.2, 0) is 9.59 Å². The van der Waals surface area contributed by atoms with Gasteiger partial charge in [-0.15, -0.1) is 0 Å². The molecule has 0 bridgehead atoms. The zero-order chi connectivity index (χ0) is 20.1. The van der Waals surface area contributed by atoms with Gasteiger partial charge in [0.05, 0.1) is 25.8 Å². The second-order valence-corrected chi connectivity index (χ2v) is 7.49. The first kappa shape index (κ1) is 20.5. The molecule has 0 aromatic heterocycles. The van der Waals surface area contributed by atoms with Gasteiger partial charge in [0, 0.05) is 43.8 Å². The molecule has 1 N–H and O–H groups in total. The second-order valence-electron chi connectivity index (χ2n) is 7.49. The molecule has 2 aliphatic heterocycles. The Morgan fingerprint density at radius 2 is 1.82 bits per heavy atom. The lowest BCUT2D eigenvalue weighted by atomic mass is 10.0. The molecular weight excluding hydrogens is 358 g/mol. The number of benzene rings is 1. The number of ether oxygens (including phenoxy) is 2. The third-order valence-corrected chi connectivity index (χ3v) is 5.62. The first-order chi connectivity index (χ1) is 13.6. The Bertz CT molecular complexity index is 681. The standard InChI is InChI=1S/C21H31N3O4/c1-4-9-23(16-5-7-22-8-6-16)21(26)15-10-20(25)24(14-15)17-11-18(27-2)13-19(12-17)28-3/h11-13,15-16,22H,4-10,14H2,1-3H3. The molecule has 2 amide bonds. The van der Waals surface area contributed by atoms with Crippen molar-refractivity contribution in [3.63, 3.8) is 0 Å². The molecule has 28 heavy (non-hydrogen) atoms. The van der Waals surface area contributed by atoms with E-state index in [9.17, 15) is 9.59 Å². The van der Waals surface area contributed by atoms with Gasteiger partial charge in [0.1, 0.15) is 11.5 Å². The van der Waals surface area contributed by atoms with Crippen molar-refractivity contribution < 1.29 is 19.1 Å². The Balaban J connectivity index is 1.76. The molecule has 1 aromatic rings. The van der Waals surface area contributed by atoms with Crippen LogP contribution < -0.4 is 19.7 Å². The summed E-state index contributed by atoms with van der Waals surface area (Å²) < 4.78 is 10.6. The molecule has 2 heterocycles. The summed E-state index contributed by atoms with van der Waals surface area (Å²) in [5.74, 6) is 1.03. The number of hydrogen-bond acceptors (Lipinski definition) is 5. The maximum atomic E-state index is 13.3. The van der Waals surface area contributed by atoms with Crippen LogP contribution in [0.2, 0.25) is 0 Å². The van der Waals surface area contributed by atoms with Crippen molar-refractivity contribution in [1.29, 1.82) is 0 Å². The van der Waals surface area contributed by atoms with E-state index in [1.807, 2.05) is 17.0 Å². The topological polar surface area (TPSA) is 71.1 Å². The van der Waals surface area contributed by atoms with E-state index < -0.39 is 0 Å². The fraction of sp³-hybridized carbons (Fsp3) is 0.619. The first-order valence-corrected chi connectivity index (χ1v) is 10.1. The van der Waals surface area contributed by atoms with Crippen LogP contribution in [0.4, 0.5) is 5.69 Å². The quantitative estimate of drug-likeness (QED) is 0.773. The summed E-state index contributed by atoms with van der Waals surface area (Å²) in [4.78, 5) is 29.7. The second kappa shape index (κ2) is 9.28. The van der Waals surface area contributed by atoms with Crippen molar-refractivity contribution >= 4 is 17.5 Å². The summed E-state index contributed by atoms with van der Waals surface area (Å²) in [6.45, 7) is 5.13. The van der Waals surface area contributed by atoms with Crippen LogP contribution in [0.1, 0.15) is 32.6 Å². The fourth-order valence-corrected chi connectivity index (χ4v) is 4.14. The molecule has 0 saturated carbocycles. The predicted molar refractivity (Wildman–Crippen MR) is 108 cm³/mol. The molecule has 154 valence electrons. The molecule has 1 unspecified atom stereocenters. The van der Waals surface area contributed by atoms with Crippen molar-refractivity contribution in [3.05, 3.63) is 18.2 Å². The van der Waals surface area contributed by atoms with Gasteiger partial charge in [-0.2, -0.15) is 0 Å². The van der Waals surface area contributed by atoms with Crippen LogP contribution in [-0.4, -0.2) is 63.2 Å². The number of nitrogens with one attached hydrogen (secondary N) is 1. The number of anilines is 1. The largest absolute Gasteiger partial charge is 0.497 e. The molecule has 0 spiro atoms. The maximum absolute atomic E-state index is 13.3. The summed E-state index contributed by atoms with van der Waals surface area (Å²) in [7, 11) is 3.16. The average Bonchev–Trinajstić information content (AvgIpc) is 3.13. The molecule has 7 heteroatoms. The molecule has 2 saturated heterocycles. The van der Waals surface area contributed by atoms with Gasteiger partial charge >= 0.3 is 0 Å². The number of rotatable bonds is 7. The maximum Gasteiger partial charge on any atom is 0.228 e. The zero-order valence-electron chi connectivity index (χ0n) is 17.1. The van der Waals surface area contributed by atoms with Crippen LogP contribution in [0, 0.1) is 5.92 Å². The number of hydrogen-bond donors (Lipinski definition) is 1. The van der Waals surface area contributed by atoms with E-state index in [1.165, 1.54) is 0 Å². The first-order valence-electron chi connectivity index (χ1n) is 10.1. The van der Waals surface area contributed by atoms with Crippen molar-refractivity contribution in [2.75, 3.05) is 45.3 Å². The third kappa shape index (κ3) is 4.41. The lowest BCUT2D eigenvalue weighted by Crippen LogP contribution is -2.48. The molecule has 1 aromatic carbocycles. The number of nitrogens with zero attached hydrogens (tertiary/aromatic N) is 2. The summed E-state index contributed by atoms with van der Waals surface area (Å²) in [6.07, 6.45) is 3.13. The Kier molecular flexibility index (Phi) is 6.78. The van der Waals surface area contributed by atoms with Crippen LogP contribution >= 0.6 is 0 Å². The van der Waals surface area contributed by atoms with Gasteiger partial charge in [0.25, 0.3) is 0 Å². The van der Waals surface area contributed by atoms with E-state index in [2.05, 4.69) is 12.2 Å². The summed E-state index contributed by atoms with van der Waals surface area (Å²) in [6, 6.07) is 5.66. The smallest absolute Gasteiger partial charge is 0.228 e. The predicted octanol–water partition coefficient (Wildman–Crippen LogP) is 2.05. The van der Waals surface area contributed by atoms with Crippen LogP contribution in [0.3, 0.4) is 0 Å². The van der Waals surface area contributed by atoms with E-state index >= 15 is 0 Å². The van der Waals surface area contributed by atoms with Crippen molar-refractivity contribution in [3.8, 4) is 11.5 Å². The molecule has 3 rings (SSSR count). The van der Waals surface area contributed by atoms with Gasteiger partial charge in [0.2, 0.25) is 11.8 Å². The summed E-state index contributed by atoms with van der Waals surface area (Å²) >= 11 is 0. The van der Waals surface area contributed by atoms with Gasteiger partial charge in [-0.05, 0) is 32.4 Å². The van der Waals surface area contributed by atoms with Gasteiger partial charge in [-0.3, -0.25) is 9.59 Å². The Hall–Kier alpha value is -2.28. The number of piperidine rings is 1. The highest BCUT2D eigenvalue weighted by molar-refractivity contribution is 6.00. The monoisotopic (exact) mass is 389 g/mol. The van der Waals surface area contributed by atoms with Crippen LogP contribution in [0.15, 0.2) is 18.2 Å². The molecule has 1 atom stereocenters. The van der Waals surface area contributed by atoms with Gasteiger partial charge in [0.15, 0.2) is 0 Å². The van der Waals surface area contributed by atoms with E-state index in [0.717, 1.165) is 38.9 Å². The van der Waals surface area contributed by atoms with Crippen molar-refractivity contribution in [2.45, 2.75) is 38.6 Å². The van der Waals surface area contributed by atoms with Crippen LogP contribution in [0.25, 0.3) is 0 Å². The normalized spacial score (nSPS) is 20.3. The van der Waals surface area contributed by atoms with E-state index in [0.29, 0.717) is 23.7 Å². The lowest BCUT2D eigenvalue weighted by Gasteiger charge is -2.36. The van der Waals surface area contributed by atoms with Gasteiger partial charge in [-0.25, -0.2) is 0 Å². The van der Waals surface area contributed by atoms with E-state index in [4.69, 9.17) is 9.47 Å². The number of amides is 2. The zero-order valence-corrected chi connectivity index (χ0v) is 17.1. The SMILES string of the molecule is CCCN(C(=O)C1CC(=O)N(c2cc(OC)cc(OC)c2)C1)C1CCNCC1. The molecular formula is C21H31N3O4. The highest BCUT2D eigenvalue weighted by Crippen LogP contribution is 2.33. The molecule has 0 radical (unpaired) electrons. The molecule has 7 nitrogen and oxygen atoms in total. The van der Waals surface area contributed by atoms with Crippen molar-refractivity contribution in [2.24, 2.45) is 5.92 Å². The average molecular weight is 389 g/mol. The third-order valence-electron chi connectivity index (χ3n) is 5.62. The lowest BCUT2D eigenvalue weighted by molar-refractivity contribution is -0.138. The van der Waals surface area contributed by atoms with E-state index in [1.54, 1.807) is 25.2 Å². The van der Waals surface area contributed by atoms with Crippen LogP contribution in [0.5, 0.6) is 11.5 Å². The number of methoxy groups -OCH3 is 2. The Morgan fingerprint density at radius 1 is 1.18 bits per heavy atom. The van der Waals surface area contributed by atoms with Crippen molar-refractivity contribution in [1.82, 2.24) is 10.2 Å². The summed E-state index contributed by atoms with van der Waals surface area (Å²) in [5, 5.41) is 3.35. The summed E-state index contributed by atoms with van der Waals surface area (Å²) in [5.41, 5.74) is 0.709. The highest BCUT2D eigenvalue weighted by atomic mass is 16.5. The molecule has 0 aliphatic carbocycles. The Labute approximate surface area is 167 Å². The van der Waals surface area contributed by atoms with Gasteiger partial charge in [-0.1, -0.05) is 6.92 Å². The van der Waals surface area contributed by atoms with E-state index in [-0.39, 0.29) is 30.2 Å². The minimum absolute atomic E-state index is 0.0320. The molecule has 2 fully saturated rings. The minimum Gasteiger partial charge on any atom is -0.497 e. The highest BCUT2D eigenvalue weighted by Gasteiger charge is 2.39. The Morgan fingerprint density at radius 3 is 2.39 bits per heavy atom. The number of carbonyl (C=O) groups is 2. The van der Waals surface area contributed by atoms with Gasteiger partial charge < -0.3 is 24.6 Å². The minimum atomic E-state index is -0.300. The molecule has 2 aliphatic rings. The number of carbonyl (C=O) groups excluding carboxylic acids is 2.